The predicted octanol–water partition coefficient (Wildman–Crippen LogP) is 5.07. The smallest absolute Gasteiger partial charge is 0.303 e. The third-order valence-electron chi connectivity index (χ3n) is 8.21. The van der Waals surface area contributed by atoms with E-state index in [1.807, 2.05) is 24.3 Å². The highest BCUT2D eigenvalue weighted by Gasteiger charge is 2.44. The van der Waals surface area contributed by atoms with Crippen LogP contribution in [-0.4, -0.2) is 81.6 Å². The normalized spacial score (nSPS) is 21.7. The fraction of sp³-hybridized carbons (Fsp3) is 0.448. The van der Waals surface area contributed by atoms with Crippen LogP contribution in [0.1, 0.15) is 24.8 Å². The largest absolute Gasteiger partial charge is 0.481 e. The fourth-order valence-electron chi connectivity index (χ4n) is 6.12. The number of halogens is 2. The maximum atomic E-state index is 11.1. The Hall–Kier alpha value is -2.98. The van der Waals surface area contributed by atoms with Crippen LogP contribution in [-0.2, 0) is 11.3 Å². The van der Waals surface area contributed by atoms with Gasteiger partial charge in [-0.3, -0.25) is 9.69 Å². The van der Waals surface area contributed by atoms with Crippen LogP contribution in [0.4, 0.5) is 5.95 Å². The summed E-state index contributed by atoms with van der Waals surface area (Å²) in [5.74, 6) is 1.86. The first kappa shape index (κ1) is 27.2. The summed E-state index contributed by atoms with van der Waals surface area (Å²) >= 11 is 12.6. The van der Waals surface area contributed by atoms with Crippen molar-refractivity contribution in [3.8, 4) is 22.9 Å². The van der Waals surface area contributed by atoms with Gasteiger partial charge in [0.1, 0.15) is 0 Å². The van der Waals surface area contributed by atoms with E-state index in [4.69, 9.17) is 38.0 Å². The summed E-state index contributed by atoms with van der Waals surface area (Å²) in [6.45, 7) is 5.45. The lowest BCUT2D eigenvalue weighted by atomic mass is 9.93. The zero-order valence-electron chi connectivity index (χ0n) is 22.3. The molecular formula is C29H32Cl2N6O3. The van der Waals surface area contributed by atoms with E-state index in [0.29, 0.717) is 45.9 Å². The molecule has 3 fully saturated rings. The van der Waals surface area contributed by atoms with E-state index < -0.39 is 5.97 Å². The third-order valence-corrected chi connectivity index (χ3v) is 8.65. The van der Waals surface area contributed by atoms with Gasteiger partial charge < -0.3 is 19.6 Å². The number of carboxylic acids is 1. The number of nitrogens with zero attached hydrogens (tertiary/aromatic N) is 6. The van der Waals surface area contributed by atoms with Crippen molar-refractivity contribution >= 4 is 35.1 Å². The van der Waals surface area contributed by atoms with Crippen LogP contribution in [0.2, 0.25) is 10.0 Å². The van der Waals surface area contributed by atoms with Gasteiger partial charge in [-0.15, -0.1) is 0 Å². The molecule has 0 spiro atoms. The Morgan fingerprint density at radius 1 is 1.02 bits per heavy atom. The van der Waals surface area contributed by atoms with Crippen LogP contribution in [0.5, 0.6) is 11.6 Å². The molecule has 0 saturated carbocycles. The summed E-state index contributed by atoms with van der Waals surface area (Å²) in [7, 11) is 2.16. The second-order valence-electron chi connectivity index (χ2n) is 11.2. The molecule has 40 heavy (non-hydrogen) atoms. The van der Waals surface area contributed by atoms with Gasteiger partial charge in [-0.2, -0.15) is 0 Å². The van der Waals surface area contributed by atoms with Crippen LogP contribution in [0.25, 0.3) is 11.3 Å². The Morgan fingerprint density at radius 2 is 1.75 bits per heavy atom. The molecule has 0 bridgehead atoms. The molecule has 2 aromatic heterocycles. The van der Waals surface area contributed by atoms with Crippen LogP contribution >= 0.6 is 23.2 Å². The van der Waals surface area contributed by atoms with Gasteiger partial charge in [-0.05, 0) is 68.7 Å². The summed E-state index contributed by atoms with van der Waals surface area (Å²) in [5.41, 5.74) is 2.53. The van der Waals surface area contributed by atoms with Gasteiger partial charge in [0.25, 0.3) is 0 Å². The quantitative estimate of drug-likeness (QED) is 0.390. The molecule has 0 aliphatic carbocycles. The molecule has 1 N–H and O–H groups in total. The number of fused-ring (bicyclic) bond motifs is 1. The van der Waals surface area contributed by atoms with Crippen molar-refractivity contribution in [2.45, 2.75) is 31.8 Å². The lowest BCUT2D eigenvalue weighted by Crippen LogP contribution is -2.52. The molecule has 6 rings (SSSR count). The van der Waals surface area contributed by atoms with E-state index in [1.54, 1.807) is 18.5 Å². The lowest BCUT2D eigenvalue weighted by molar-refractivity contribution is -0.138. The van der Waals surface area contributed by atoms with Crippen molar-refractivity contribution < 1.29 is 14.6 Å². The number of anilines is 1. The summed E-state index contributed by atoms with van der Waals surface area (Å²) in [5, 5.41) is 10.2. The number of likely N-dealkylation sites (tertiary alicyclic amines) is 2. The average molecular weight is 584 g/mol. The molecule has 11 heteroatoms. The lowest BCUT2D eigenvalue weighted by Gasteiger charge is -2.40. The summed E-state index contributed by atoms with van der Waals surface area (Å²) in [6.07, 6.45) is 5.37. The van der Waals surface area contributed by atoms with E-state index in [1.165, 1.54) is 0 Å². The second-order valence-corrected chi connectivity index (χ2v) is 12.0. The first-order valence-corrected chi connectivity index (χ1v) is 14.4. The second kappa shape index (κ2) is 11.5. The Bertz CT molecular complexity index is 1360. The molecule has 1 aromatic carbocycles. The SMILES string of the molecule is CN1CC2CN(c3ncc(Oc4cc(CN5CCC(CC(=O)O)CC5)cc(-c5cc(Cl)cc(Cl)c5)n4)cn3)CC21. The number of carbonyl (C=O) groups is 1. The van der Waals surface area contributed by atoms with Crippen LogP contribution < -0.4 is 9.64 Å². The maximum absolute atomic E-state index is 11.1. The van der Waals surface area contributed by atoms with E-state index in [2.05, 4.69) is 31.7 Å². The van der Waals surface area contributed by atoms with E-state index in [0.717, 1.165) is 62.6 Å². The summed E-state index contributed by atoms with van der Waals surface area (Å²) < 4.78 is 6.17. The molecule has 210 valence electrons. The maximum Gasteiger partial charge on any atom is 0.303 e. The number of likely N-dealkylation sites (N-methyl/N-ethyl adjacent to an activating group) is 1. The molecule has 3 aliphatic heterocycles. The number of aliphatic carboxylic acids is 1. The fourth-order valence-corrected chi connectivity index (χ4v) is 6.64. The summed E-state index contributed by atoms with van der Waals surface area (Å²) in [6, 6.07) is 9.90. The minimum absolute atomic E-state index is 0.230. The van der Waals surface area contributed by atoms with Gasteiger partial charge in [-0.25, -0.2) is 15.0 Å². The number of aromatic nitrogens is 3. The zero-order chi connectivity index (χ0) is 27.8. The first-order chi connectivity index (χ1) is 19.3. The standard InChI is InChI=1S/C29H32Cl2N6O3/c1-35-15-21-16-37(17-26(21)35)29-32-12-24(13-33-29)40-27-7-19(14-36-4-2-18(3-5-36)8-28(38)39)6-25(34-27)20-9-22(30)11-23(31)10-20/h6-7,9-13,18,21,26H,2-5,8,14-17H2,1H3,(H,38,39). The highest BCUT2D eigenvalue weighted by molar-refractivity contribution is 6.35. The number of piperidine rings is 1. The van der Waals surface area contributed by atoms with Gasteiger partial charge >= 0.3 is 5.97 Å². The van der Waals surface area contributed by atoms with Gasteiger partial charge in [0, 0.05) is 66.2 Å². The molecule has 0 amide bonds. The zero-order valence-corrected chi connectivity index (χ0v) is 23.9. The third kappa shape index (κ3) is 6.17. The predicted molar refractivity (Wildman–Crippen MR) is 154 cm³/mol. The highest BCUT2D eigenvalue weighted by atomic mass is 35.5. The number of benzene rings is 1. The van der Waals surface area contributed by atoms with Gasteiger partial charge in [0.15, 0.2) is 5.75 Å². The molecule has 3 aromatic rings. The highest BCUT2D eigenvalue weighted by Crippen LogP contribution is 2.34. The topological polar surface area (TPSA) is 94.9 Å². The minimum atomic E-state index is -0.726. The Balaban J connectivity index is 1.20. The van der Waals surface area contributed by atoms with Crippen LogP contribution in [0, 0.1) is 11.8 Å². The molecule has 3 saturated heterocycles. The number of carboxylic acid groups (broad SMARTS) is 1. The molecular weight excluding hydrogens is 551 g/mol. The van der Waals surface area contributed by atoms with Crippen molar-refractivity contribution in [3.63, 3.8) is 0 Å². The van der Waals surface area contributed by atoms with Crippen molar-refractivity contribution in [2.24, 2.45) is 11.8 Å². The molecule has 9 nitrogen and oxygen atoms in total. The van der Waals surface area contributed by atoms with E-state index in [-0.39, 0.29) is 12.3 Å². The van der Waals surface area contributed by atoms with E-state index >= 15 is 0 Å². The summed E-state index contributed by atoms with van der Waals surface area (Å²) in [4.78, 5) is 32.0. The molecule has 2 atom stereocenters. The van der Waals surface area contributed by atoms with Gasteiger partial charge in [0.05, 0.1) is 18.1 Å². The van der Waals surface area contributed by atoms with Crippen molar-refractivity contribution in [2.75, 3.05) is 44.7 Å². The first-order valence-electron chi connectivity index (χ1n) is 13.7. The van der Waals surface area contributed by atoms with Crippen LogP contribution in [0.15, 0.2) is 42.7 Å². The molecule has 0 radical (unpaired) electrons. The molecule has 2 unspecified atom stereocenters. The van der Waals surface area contributed by atoms with Crippen LogP contribution in [0.3, 0.4) is 0 Å². The number of ether oxygens (including phenoxy) is 1. The molecule has 5 heterocycles. The minimum Gasteiger partial charge on any atom is -0.481 e. The van der Waals surface area contributed by atoms with Gasteiger partial charge in [-0.1, -0.05) is 23.2 Å². The average Bonchev–Trinajstić information content (AvgIpc) is 3.26. The number of hydrogen-bond donors (Lipinski definition) is 1. The Kier molecular flexibility index (Phi) is 7.81. The number of pyridine rings is 1. The Morgan fingerprint density at radius 3 is 2.40 bits per heavy atom. The van der Waals surface area contributed by atoms with E-state index in [9.17, 15) is 4.79 Å². The van der Waals surface area contributed by atoms with Gasteiger partial charge in [0.2, 0.25) is 11.8 Å². The monoisotopic (exact) mass is 582 g/mol. The van der Waals surface area contributed by atoms with Crippen molar-refractivity contribution in [1.82, 2.24) is 24.8 Å². The number of hydrogen-bond acceptors (Lipinski definition) is 8. The van der Waals surface area contributed by atoms with Crippen molar-refractivity contribution in [3.05, 3.63) is 58.3 Å². The number of rotatable bonds is 8. The Labute approximate surface area is 243 Å². The van der Waals surface area contributed by atoms with Crippen molar-refractivity contribution in [1.29, 1.82) is 0 Å². The molecule has 3 aliphatic rings.